The van der Waals surface area contributed by atoms with Crippen molar-refractivity contribution in [3.63, 3.8) is 0 Å². The lowest BCUT2D eigenvalue weighted by molar-refractivity contribution is -0.142. The van der Waals surface area contributed by atoms with Gasteiger partial charge in [0.2, 0.25) is 5.91 Å². The first-order chi connectivity index (χ1) is 8.47. The van der Waals surface area contributed by atoms with Gasteiger partial charge in [0, 0.05) is 6.42 Å². The Morgan fingerprint density at radius 3 is 2.44 bits per heavy atom. The monoisotopic (exact) mass is 277 g/mol. The van der Waals surface area contributed by atoms with E-state index in [4.69, 9.17) is 10.2 Å². The summed E-state index contributed by atoms with van der Waals surface area (Å²) in [6.07, 6.45) is 1.68. The predicted octanol–water partition coefficient (Wildman–Crippen LogP) is 0.954. The minimum Gasteiger partial charge on any atom is -0.481 e. The Bertz CT molecular complexity index is 295. The van der Waals surface area contributed by atoms with Crippen molar-refractivity contribution in [2.45, 2.75) is 38.6 Å². The Labute approximate surface area is 110 Å². The van der Waals surface area contributed by atoms with Crippen molar-refractivity contribution in [1.29, 1.82) is 0 Å². The summed E-state index contributed by atoms with van der Waals surface area (Å²) in [5, 5.41) is 19.6. The fraction of sp³-hybridized carbons (Fsp3) is 0.727. The van der Waals surface area contributed by atoms with Crippen molar-refractivity contribution in [1.82, 2.24) is 5.32 Å². The zero-order valence-electron chi connectivity index (χ0n) is 10.3. The van der Waals surface area contributed by atoms with E-state index in [1.165, 1.54) is 11.8 Å². The summed E-state index contributed by atoms with van der Waals surface area (Å²) in [6, 6.07) is -1.12. The third kappa shape index (κ3) is 8.86. The SMILES string of the molecule is CCCCSCC(=O)N[C@@H](CCC(=O)O)C(=O)O. The molecule has 0 radical (unpaired) electrons. The molecule has 0 aliphatic heterocycles. The number of carbonyl (C=O) groups is 3. The van der Waals surface area contributed by atoms with Crippen LogP contribution in [0.5, 0.6) is 0 Å². The topological polar surface area (TPSA) is 104 Å². The van der Waals surface area contributed by atoms with Gasteiger partial charge in [0.05, 0.1) is 5.75 Å². The number of carbonyl (C=O) groups excluding carboxylic acids is 1. The van der Waals surface area contributed by atoms with Crippen LogP contribution < -0.4 is 5.32 Å². The predicted molar refractivity (Wildman–Crippen MR) is 68.7 cm³/mol. The second-order valence-corrected chi connectivity index (χ2v) is 4.90. The molecule has 0 aromatic rings. The lowest BCUT2D eigenvalue weighted by atomic mass is 10.1. The van der Waals surface area contributed by atoms with Gasteiger partial charge in [0.1, 0.15) is 6.04 Å². The number of hydrogen-bond acceptors (Lipinski definition) is 4. The second kappa shape index (κ2) is 9.76. The van der Waals surface area contributed by atoms with Crippen molar-refractivity contribution in [3.05, 3.63) is 0 Å². The minimum absolute atomic E-state index is 0.101. The molecule has 0 fully saturated rings. The van der Waals surface area contributed by atoms with Crippen LogP contribution in [0, 0.1) is 0 Å². The second-order valence-electron chi connectivity index (χ2n) is 3.80. The Morgan fingerprint density at radius 1 is 1.28 bits per heavy atom. The molecule has 3 N–H and O–H groups in total. The maximum Gasteiger partial charge on any atom is 0.326 e. The summed E-state index contributed by atoms with van der Waals surface area (Å²) in [5.74, 6) is -1.59. The number of thioether (sulfide) groups is 1. The molecule has 0 saturated heterocycles. The molecule has 6 nitrogen and oxygen atoms in total. The van der Waals surface area contributed by atoms with Gasteiger partial charge in [-0.1, -0.05) is 13.3 Å². The summed E-state index contributed by atoms with van der Waals surface area (Å²) in [5.41, 5.74) is 0. The highest BCUT2D eigenvalue weighted by Crippen LogP contribution is 2.05. The van der Waals surface area contributed by atoms with Crippen LogP contribution in [0.1, 0.15) is 32.6 Å². The van der Waals surface area contributed by atoms with Crippen LogP contribution in [-0.2, 0) is 14.4 Å². The number of carboxylic acids is 2. The first-order valence-electron chi connectivity index (χ1n) is 5.79. The molecular weight excluding hydrogens is 258 g/mol. The van der Waals surface area contributed by atoms with Crippen LogP contribution in [0.3, 0.4) is 0 Å². The van der Waals surface area contributed by atoms with Crippen molar-refractivity contribution in [2.75, 3.05) is 11.5 Å². The highest BCUT2D eigenvalue weighted by atomic mass is 32.2. The van der Waals surface area contributed by atoms with Crippen LogP contribution in [0.2, 0.25) is 0 Å². The smallest absolute Gasteiger partial charge is 0.326 e. The Hall–Kier alpha value is -1.24. The molecule has 0 aromatic carbocycles. The van der Waals surface area contributed by atoms with Crippen molar-refractivity contribution in [3.8, 4) is 0 Å². The van der Waals surface area contributed by atoms with Crippen LogP contribution in [-0.4, -0.2) is 45.6 Å². The number of carboxylic acid groups (broad SMARTS) is 2. The van der Waals surface area contributed by atoms with Gasteiger partial charge >= 0.3 is 11.9 Å². The van der Waals surface area contributed by atoms with Crippen molar-refractivity contribution < 1.29 is 24.6 Å². The van der Waals surface area contributed by atoms with E-state index in [0.29, 0.717) is 0 Å². The third-order valence-corrected chi connectivity index (χ3v) is 3.20. The van der Waals surface area contributed by atoms with Crippen molar-refractivity contribution in [2.24, 2.45) is 0 Å². The molecule has 18 heavy (non-hydrogen) atoms. The molecule has 0 unspecified atom stereocenters. The van der Waals surface area contributed by atoms with E-state index in [9.17, 15) is 14.4 Å². The molecule has 7 heteroatoms. The highest BCUT2D eigenvalue weighted by Gasteiger charge is 2.20. The maximum absolute atomic E-state index is 11.4. The Morgan fingerprint density at radius 2 is 1.94 bits per heavy atom. The molecule has 0 aromatic heterocycles. The van der Waals surface area contributed by atoms with Gasteiger partial charge in [-0.2, -0.15) is 11.8 Å². The van der Waals surface area contributed by atoms with Crippen LogP contribution in [0.4, 0.5) is 0 Å². The third-order valence-electron chi connectivity index (χ3n) is 2.16. The summed E-state index contributed by atoms with van der Waals surface area (Å²) in [4.78, 5) is 32.6. The van der Waals surface area contributed by atoms with Gasteiger partial charge in [-0.25, -0.2) is 4.79 Å². The largest absolute Gasteiger partial charge is 0.481 e. The molecule has 1 atom stereocenters. The Balaban J connectivity index is 3.96. The lowest BCUT2D eigenvalue weighted by Gasteiger charge is -2.13. The molecular formula is C11H19NO5S. The van der Waals surface area contributed by atoms with E-state index in [1.807, 2.05) is 6.92 Å². The van der Waals surface area contributed by atoms with Gasteiger partial charge in [-0.05, 0) is 18.6 Å². The normalized spacial score (nSPS) is 11.8. The highest BCUT2D eigenvalue weighted by molar-refractivity contribution is 7.99. The fourth-order valence-corrected chi connectivity index (χ4v) is 2.08. The first kappa shape index (κ1) is 16.8. The molecule has 0 bridgehead atoms. The van der Waals surface area contributed by atoms with Crippen molar-refractivity contribution >= 4 is 29.6 Å². The van der Waals surface area contributed by atoms with Crippen LogP contribution in [0.15, 0.2) is 0 Å². The average molecular weight is 277 g/mol. The van der Waals surface area contributed by atoms with Crippen LogP contribution in [0.25, 0.3) is 0 Å². The number of nitrogens with one attached hydrogen (secondary N) is 1. The molecule has 0 heterocycles. The quantitative estimate of drug-likeness (QED) is 0.514. The molecule has 104 valence electrons. The number of hydrogen-bond donors (Lipinski definition) is 3. The molecule has 0 spiro atoms. The number of rotatable bonds is 10. The van der Waals surface area contributed by atoms with E-state index >= 15 is 0 Å². The van der Waals surface area contributed by atoms with Crippen LogP contribution >= 0.6 is 11.8 Å². The van der Waals surface area contributed by atoms with E-state index in [2.05, 4.69) is 5.32 Å². The summed E-state index contributed by atoms with van der Waals surface area (Å²) in [6.45, 7) is 2.05. The molecule has 0 saturated carbocycles. The number of aliphatic carboxylic acids is 2. The van der Waals surface area contributed by atoms with E-state index in [-0.39, 0.29) is 24.5 Å². The fourth-order valence-electron chi connectivity index (χ4n) is 1.17. The van der Waals surface area contributed by atoms with Gasteiger partial charge < -0.3 is 15.5 Å². The average Bonchev–Trinajstić information content (AvgIpc) is 2.29. The summed E-state index contributed by atoms with van der Waals surface area (Å²) < 4.78 is 0. The standard InChI is InChI=1S/C11H19NO5S/c1-2-3-6-18-7-9(13)12-8(11(16)17)4-5-10(14)15/h8H,2-7H2,1H3,(H,12,13)(H,14,15)(H,16,17)/t8-/m0/s1. The van der Waals surface area contributed by atoms with Gasteiger partial charge in [-0.15, -0.1) is 0 Å². The lowest BCUT2D eigenvalue weighted by Crippen LogP contribution is -2.42. The van der Waals surface area contributed by atoms with E-state index in [0.717, 1.165) is 18.6 Å². The van der Waals surface area contributed by atoms with Gasteiger partial charge in [-0.3, -0.25) is 9.59 Å². The summed E-state index contributed by atoms with van der Waals surface area (Å²) in [7, 11) is 0. The van der Waals surface area contributed by atoms with E-state index < -0.39 is 18.0 Å². The maximum atomic E-state index is 11.4. The van der Waals surface area contributed by atoms with Gasteiger partial charge in [0.25, 0.3) is 0 Å². The zero-order chi connectivity index (χ0) is 14.0. The number of unbranched alkanes of at least 4 members (excludes halogenated alkanes) is 1. The Kier molecular flexibility index (Phi) is 9.08. The molecule has 1 amide bonds. The molecule has 0 aliphatic carbocycles. The summed E-state index contributed by atoms with van der Waals surface area (Å²) >= 11 is 1.44. The molecule has 0 rings (SSSR count). The number of amides is 1. The van der Waals surface area contributed by atoms with E-state index in [1.54, 1.807) is 0 Å². The zero-order valence-corrected chi connectivity index (χ0v) is 11.2. The van der Waals surface area contributed by atoms with Gasteiger partial charge in [0.15, 0.2) is 0 Å². The molecule has 0 aliphatic rings. The first-order valence-corrected chi connectivity index (χ1v) is 6.94. The minimum atomic E-state index is -1.21.